The molecule has 0 radical (unpaired) electrons. The molecule has 0 saturated heterocycles. The van der Waals surface area contributed by atoms with Crippen LogP contribution in [0.5, 0.6) is 5.75 Å². The van der Waals surface area contributed by atoms with Crippen molar-refractivity contribution in [1.82, 2.24) is 10.7 Å². The molecule has 0 atom stereocenters. The molecule has 1 aliphatic rings. The Labute approximate surface area is 167 Å². The van der Waals surface area contributed by atoms with Crippen LogP contribution in [-0.2, 0) is 6.61 Å². The fraction of sp³-hybridized carbons (Fsp3) is 0.364. The molecule has 1 aliphatic carbocycles. The van der Waals surface area contributed by atoms with E-state index < -0.39 is 0 Å². The standard InChI is InChI=1S/C22H27N3OS/c1-17-7-9-19(10-8-17)16-26-21-13-11-18(12-14-21)15-23-25-22(27)24-20-5-3-2-4-6-20/h7-15,20H,2-6,16H2,1H3,(H2,24,25,27). The van der Waals surface area contributed by atoms with E-state index in [0.717, 1.165) is 16.9 Å². The zero-order valence-corrected chi connectivity index (χ0v) is 16.6. The smallest absolute Gasteiger partial charge is 0.187 e. The molecule has 2 aromatic rings. The predicted molar refractivity (Wildman–Crippen MR) is 115 cm³/mol. The number of ether oxygens (including phenoxy) is 1. The number of hydrazone groups is 1. The number of hydrogen-bond donors (Lipinski definition) is 2. The Bertz CT molecular complexity index is 750. The second kappa shape index (κ2) is 10.1. The molecule has 0 unspecified atom stereocenters. The largest absolute Gasteiger partial charge is 0.489 e. The lowest BCUT2D eigenvalue weighted by Gasteiger charge is -2.23. The van der Waals surface area contributed by atoms with Crippen LogP contribution in [0.2, 0.25) is 0 Å². The molecule has 0 bridgehead atoms. The van der Waals surface area contributed by atoms with Gasteiger partial charge in [-0.1, -0.05) is 49.1 Å². The summed E-state index contributed by atoms with van der Waals surface area (Å²) in [6.07, 6.45) is 8.04. The maximum Gasteiger partial charge on any atom is 0.187 e. The fourth-order valence-electron chi connectivity index (χ4n) is 3.13. The third-order valence-corrected chi connectivity index (χ3v) is 4.94. The summed E-state index contributed by atoms with van der Waals surface area (Å²) in [7, 11) is 0. The van der Waals surface area contributed by atoms with Gasteiger partial charge >= 0.3 is 0 Å². The van der Waals surface area contributed by atoms with E-state index in [-0.39, 0.29) is 0 Å². The van der Waals surface area contributed by atoms with Crippen LogP contribution in [0.4, 0.5) is 0 Å². The lowest BCUT2D eigenvalue weighted by molar-refractivity contribution is 0.306. The SMILES string of the molecule is Cc1ccc(COc2ccc(C=NNC(=S)NC3CCCCC3)cc2)cc1. The summed E-state index contributed by atoms with van der Waals surface area (Å²) in [6.45, 7) is 2.65. The van der Waals surface area contributed by atoms with Crippen LogP contribution in [0.15, 0.2) is 53.6 Å². The molecular formula is C22H27N3OS. The van der Waals surface area contributed by atoms with Gasteiger partial charge in [0.15, 0.2) is 5.11 Å². The number of benzene rings is 2. The number of nitrogens with one attached hydrogen (secondary N) is 2. The molecular weight excluding hydrogens is 354 g/mol. The average molecular weight is 382 g/mol. The third kappa shape index (κ3) is 6.68. The molecule has 5 heteroatoms. The van der Waals surface area contributed by atoms with Crippen molar-refractivity contribution >= 4 is 23.5 Å². The highest BCUT2D eigenvalue weighted by Crippen LogP contribution is 2.17. The van der Waals surface area contributed by atoms with Crippen LogP contribution in [-0.4, -0.2) is 17.4 Å². The third-order valence-electron chi connectivity index (χ3n) is 4.73. The van der Waals surface area contributed by atoms with Crippen molar-refractivity contribution in [3.05, 3.63) is 65.2 Å². The van der Waals surface area contributed by atoms with E-state index in [9.17, 15) is 0 Å². The summed E-state index contributed by atoms with van der Waals surface area (Å²) in [6, 6.07) is 16.7. The first-order chi connectivity index (χ1) is 13.2. The van der Waals surface area contributed by atoms with Crippen molar-refractivity contribution in [3.8, 4) is 5.75 Å². The molecule has 3 rings (SSSR count). The van der Waals surface area contributed by atoms with E-state index in [1.54, 1.807) is 6.21 Å². The highest BCUT2D eigenvalue weighted by atomic mass is 32.1. The molecule has 0 spiro atoms. The minimum absolute atomic E-state index is 0.485. The second-order valence-electron chi connectivity index (χ2n) is 7.02. The summed E-state index contributed by atoms with van der Waals surface area (Å²) in [5.41, 5.74) is 6.31. The van der Waals surface area contributed by atoms with Gasteiger partial charge in [0.25, 0.3) is 0 Å². The molecule has 27 heavy (non-hydrogen) atoms. The number of thiocarbonyl (C=S) groups is 1. The zero-order chi connectivity index (χ0) is 18.9. The molecule has 1 saturated carbocycles. The van der Waals surface area contributed by atoms with Crippen LogP contribution in [0, 0.1) is 6.92 Å². The maximum atomic E-state index is 5.82. The molecule has 0 heterocycles. The normalized spacial score (nSPS) is 14.9. The van der Waals surface area contributed by atoms with Crippen molar-refractivity contribution in [2.24, 2.45) is 5.10 Å². The van der Waals surface area contributed by atoms with Gasteiger partial charge in [-0.2, -0.15) is 5.10 Å². The van der Waals surface area contributed by atoms with Crippen molar-refractivity contribution < 1.29 is 4.74 Å². The summed E-state index contributed by atoms with van der Waals surface area (Å²) >= 11 is 5.30. The quantitative estimate of drug-likeness (QED) is 0.432. The van der Waals surface area contributed by atoms with Crippen molar-refractivity contribution in [2.75, 3.05) is 0 Å². The zero-order valence-electron chi connectivity index (χ0n) is 15.8. The Balaban J connectivity index is 1.42. The highest BCUT2D eigenvalue weighted by molar-refractivity contribution is 7.80. The number of nitrogens with zero attached hydrogens (tertiary/aromatic N) is 1. The number of aryl methyl sites for hydroxylation is 1. The Hall–Kier alpha value is -2.40. The Morgan fingerprint density at radius 2 is 1.78 bits per heavy atom. The van der Waals surface area contributed by atoms with Crippen molar-refractivity contribution in [2.45, 2.75) is 51.7 Å². The molecule has 2 N–H and O–H groups in total. The molecule has 4 nitrogen and oxygen atoms in total. The van der Waals surface area contributed by atoms with Crippen molar-refractivity contribution in [3.63, 3.8) is 0 Å². The number of hydrogen-bond acceptors (Lipinski definition) is 3. The molecule has 142 valence electrons. The molecule has 0 aromatic heterocycles. The van der Waals surface area contributed by atoms with E-state index in [0.29, 0.717) is 17.8 Å². The highest BCUT2D eigenvalue weighted by Gasteiger charge is 2.13. The van der Waals surface area contributed by atoms with E-state index in [4.69, 9.17) is 17.0 Å². The van der Waals surface area contributed by atoms with Crippen LogP contribution in [0.1, 0.15) is 48.8 Å². The monoisotopic (exact) mass is 381 g/mol. The molecule has 0 amide bonds. The van der Waals surface area contributed by atoms with Gasteiger partial charge in [-0.3, -0.25) is 5.43 Å². The van der Waals surface area contributed by atoms with Crippen LogP contribution >= 0.6 is 12.2 Å². The minimum Gasteiger partial charge on any atom is -0.489 e. The topological polar surface area (TPSA) is 45.6 Å². The van der Waals surface area contributed by atoms with E-state index in [1.807, 2.05) is 24.3 Å². The predicted octanol–water partition coefficient (Wildman–Crippen LogP) is 4.70. The van der Waals surface area contributed by atoms with E-state index in [2.05, 4.69) is 47.0 Å². The van der Waals surface area contributed by atoms with Crippen LogP contribution in [0.25, 0.3) is 0 Å². The minimum atomic E-state index is 0.485. The Morgan fingerprint density at radius 1 is 1.07 bits per heavy atom. The van der Waals surface area contributed by atoms with Gasteiger partial charge in [-0.15, -0.1) is 0 Å². The second-order valence-corrected chi connectivity index (χ2v) is 7.43. The van der Waals surface area contributed by atoms with Gasteiger partial charge in [0, 0.05) is 6.04 Å². The summed E-state index contributed by atoms with van der Waals surface area (Å²) in [4.78, 5) is 0. The van der Waals surface area contributed by atoms with Gasteiger partial charge in [0.2, 0.25) is 0 Å². The molecule has 1 fully saturated rings. The fourth-order valence-corrected chi connectivity index (χ4v) is 3.35. The lowest BCUT2D eigenvalue weighted by Crippen LogP contribution is -2.40. The van der Waals surface area contributed by atoms with Crippen molar-refractivity contribution in [1.29, 1.82) is 0 Å². The van der Waals surface area contributed by atoms with Gasteiger partial charge < -0.3 is 10.1 Å². The summed E-state index contributed by atoms with van der Waals surface area (Å²) in [5, 5.41) is 8.15. The van der Waals surface area contributed by atoms with E-state index in [1.165, 1.54) is 37.7 Å². The average Bonchev–Trinajstić information content (AvgIpc) is 2.69. The van der Waals surface area contributed by atoms with Gasteiger partial charge in [-0.25, -0.2) is 0 Å². The molecule has 0 aliphatic heterocycles. The molecule has 2 aromatic carbocycles. The van der Waals surface area contributed by atoms with Crippen LogP contribution < -0.4 is 15.5 Å². The lowest BCUT2D eigenvalue weighted by atomic mass is 9.96. The van der Waals surface area contributed by atoms with Gasteiger partial charge in [-0.05, 0) is 67.4 Å². The van der Waals surface area contributed by atoms with Gasteiger partial charge in [0.05, 0.1) is 6.21 Å². The van der Waals surface area contributed by atoms with Gasteiger partial charge in [0.1, 0.15) is 12.4 Å². The van der Waals surface area contributed by atoms with E-state index >= 15 is 0 Å². The maximum absolute atomic E-state index is 5.82. The Morgan fingerprint density at radius 3 is 2.48 bits per heavy atom. The number of rotatable bonds is 6. The summed E-state index contributed by atoms with van der Waals surface area (Å²) in [5.74, 6) is 0.843. The first kappa shape index (κ1) is 19.4. The van der Waals surface area contributed by atoms with Crippen LogP contribution in [0.3, 0.4) is 0 Å². The Kier molecular flexibility index (Phi) is 7.22. The first-order valence-electron chi connectivity index (χ1n) is 9.57. The summed E-state index contributed by atoms with van der Waals surface area (Å²) < 4.78 is 5.82. The first-order valence-corrected chi connectivity index (χ1v) is 9.98.